The predicted molar refractivity (Wildman–Crippen MR) is 78.9 cm³/mol. The smallest absolute Gasteiger partial charge is 0.337 e. The van der Waals surface area contributed by atoms with Gasteiger partial charge in [0.25, 0.3) is 0 Å². The van der Waals surface area contributed by atoms with Gasteiger partial charge in [-0.3, -0.25) is 4.79 Å². The third-order valence-corrected chi connectivity index (χ3v) is 5.31. The second-order valence-corrected chi connectivity index (χ2v) is 6.51. The van der Waals surface area contributed by atoms with Crippen LogP contribution in [0.2, 0.25) is 0 Å². The number of hydrogen-bond donors (Lipinski definition) is 1. The van der Waals surface area contributed by atoms with Gasteiger partial charge in [-0.05, 0) is 56.7 Å². The minimum absolute atomic E-state index is 0.0994. The number of carbonyl (C=O) groups excluding carboxylic acids is 1. The van der Waals surface area contributed by atoms with E-state index in [1.807, 2.05) is 0 Å². The van der Waals surface area contributed by atoms with Crippen molar-refractivity contribution in [3.05, 3.63) is 29.6 Å². The maximum atomic E-state index is 14.2. The Labute approximate surface area is 133 Å². The molecule has 23 heavy (non-hydrogen) atoms. The lowest BCUT2D eigenvalue weighted by Gasteiger charge is -2.50. The van der Waals surface area contributed by atoms with Crippen molar-refractivity contribution in [1.29, 1.82) is 0 Å². The molecule has 1 aromatic rings. The molecule has 6 heteroatoms. The van der Waals surface area contributed by atoms with Gasteiger partial charge in [-0.15, -0.1) is 0 Å². The van der Waals surface area contributed by atoms with Gasteiger partial charge in [-0.1, -0.05) is 0 Å². The van der Waals surface area contributed by atoms with Crippen molar-refractivity contribution in [2.75, 3.05) is 7.11 Å². The fourth-order valence-electron chi connectivity index (χ4n) is 3.69. The molecule has 0 aromatic heterocycles. The number of rotatable bonds is 4. The Balaban J connectivity index is 1.76. The molecule has 5 nitrogen and oxygen atoms in total. The molecule has 0 saturated heterocycles. The zero-order chi connectivity index (χ0) is 16.7. The van der Waals surface area contributed by atoms with Crippen LogP contribution in [0.25, 0.3) is 0 Å². The SMILES string of the molecule is COC(=O)c1ccc(OC23CCC(C(=O)O)(CC2)CC3)c(F)c1. The van der Waals surface area contributed by atoms with Crippen molar-refractivity contribution in [1.82, 2.24) is 0 Å². The van der Waals surface area contributed by atoms with Crippen LogP contribution in [0.5, 0.6) is 5.75 Å². The molecule has 1 N–H and O–H groups in total. The number of benzene rings is 1. The van der Waals surface area contributed by atoms with Crippen LogP contribution in [0.3, 0.4) is 0 Å². The lowest BCUT2D eigenvalue weighted by molar-refractivity contribution is -0.162. The maximum absolute atomic E-state index is 14.2. The Bertz CT molecular complexity index is 630. The zero-order valence-corrected chi connectivity index (χ0v) is 12.9. The summed E-state index contributed by atoms with van der Waals surface area (Å²) in [5.74, 6) is -1.85. The minimum Gasteiger partial charge on any atom is -0.484 e. The number of carboxylic acid groups (broad SMARTS) is 1. The van der Waals surface area contributed by atoms with E-state index in [0.29, 0.717) is 38.5 Å². The topological polar surface area (TPSA) is 72.8 Å². The molecule has 0 amide bonds. The fraction of sp³-hybridized carbons (Fsp3) is 0.529. The number of esters is 1. The van der Waals surface area contributed by atoms with E-state index in [4.69, 9.17) is 4.74 Å². The molecule has 3 fully saturated rings. The number of carbonyl (C=O) groups is 2. The predicted octanol–water partition coefficient (Wildman–Crippen LogP) is 3.17. The summed E-state index contributed by atoms with van der Waals surface area (Å²) < 4.78 is 24.7. The first-order chi connectivity index (χ1) is 10.9. The van der Waals surface area contributed by atoms with Gasteiger partial charge in [0, 0.05) is 0 Å². The summed E-state index contributed by atoms with van der Waals surface area (Å²) in [5.41, 5.74) is -0.990. The van der Waals surface area contributed by atoms with Crippen LogP contribution in [0.1, 0.15) is 48.9 Å². The molecule has 0 unspecified atom stereocenters. The highest BCUT2D eigenvalue weighted by molar-refractivity contribution is 5.89. The number of hydrogen-bond acceptors (Lipinski definition) is 4. The minimum atomic E-state index is -0.737. The lowest BCUT2D eigenvalue weighted by Crippen LogP contribution is -2.52. The molecule has 2 bridgehead atoms. The van der Waals surface area contributed by atoms with Crippen molar-refractivity contribution in [3.8, 4) is 5.75 Å². The molecule has 4 rings (SSSR count). The molecule has 0 atom stereocenters. The third-order valence-electron chi connectivity index (χ3n) is 5.31. The van der Waals surface area contributed by atoms with E-state index in [0.717, 1.165) is 6.07 Å². The van der Waals surface area contributed by atoms with Gasteiger partial charge >= 0.3 is 11.9 Å². The fourth-order valence-corrected chi connectivity index (χ4v) is 3.69. The van der Waals surface area contributed by atoms with Crippen LogP contribution >= 0.6 is 0 Å². The van der Waals surface area contributed by atoms with E-state index in [9.17, 15) is 19.1 Å². The number of ether oxygens (including phenoxy) is 2. The van der Waals surface area contributed by atoms with E-state index >= 15 is 0 Å². The summed E-state index contributed by atoms with van der Waals surface area (Å²) >= 11 is 0. The quantitative estimate of drug-likeness (QED) is 0.862. The van der Waals surface area contributed by atoms with E-state index in [1.165, 1.54) is 19.2 Å². The van der Waals surface area contributed by atoms with Crippen molar-refractivity contribution >= 4 is 11.9 Å². The van der Waals surface area contributed by atoms with Crippen LogP contribution in [0.4, 0.5) is 4.39 Å². The molecule has 3 aliphatic carbocycles. The highest BCUT2D eigenvalue weighted by Crippen LogP contribution is 2.54. The summed E-state index contributed by atoms with van der Waals surface area (Å²) in [7, 11) is 1.24. The van der Waals surface area contributed by atoms with Gasteiger partial charge in [0.1, 0.15) is 5.60 Å². The van der Waals surface area contributed by atoms with Gasteiger partial charge in [0.15, 0.2) is 11.6 Å². The molecule has 3 aliphatic rings. The first-order valence-electron chi connectivity index (χ1n) is 7.70. The van der Waals surface area contributed by atoms with Crippen molar-refractivity contribution in [2.24, 2.45) is 5.41 Å². The van der Waals surface area contributed by atoms with Crippen molar-refractivity contribution in [3.63, 3.8) is 0 Å². The lowest BCUT2D eigenvalue weighted by atomic mass is 9.58. The first-order valence-corrected chi connectivity index (χ1v) is 7.70. The largest absolute Gasteiger partial charge is 0.484 e. The Hall–Kier alpha value is -2.11. The van der Waals surface area contributed by atoms with E-state index < -0.39 is 28.8 Å². The number of methoxy groups -OCH3 is 1. The van der Waals surface area contributed by atoms with Crippen molar-refractivity contribution < 1.29 is 28.6 Å². The van der Waals surface area contributed by atoms with Gasteiger partial charge in [0.05, 0.1) is 18.1 Å². The molecular formula is C17H19FO5. The van der Waals surface area contributed by atoms with Crippen molar-refractivity contribution in [2.45, 2.75) is 44.1 Å². The maximum Gasteiger partial charge on any atom is 0.337 e. The average Bonchev–Trinajstić information content (AvgIpc) is 2.57. The zero-order valence-electron chi connectivity index (χ0n) is 12.9. The average molecular weight is 322 g/mol. The van der Waals surface area contributed by atoms with Gasteiger partial charge in [-0.2, -0.15) is 0 Å². The number of fused-ring (bicyclic) bond motifs is 3. The molecule has 124 valence electrons. The van der Waals surface area contributed by atoms with Crippen LogP contribution in [-0.4, -0.2) is 29.8 Å². The summed E-state index contributed by atoms with van der Waals surface area (Å²) in [4.78, 5) is 22.8. The third kappa shape index (κ3) is 2.66. The van der Waals surface area contributed by atoms with E-state index in [1.54, 1.807) is 0 Å². The number of halogens is 1. The Morgan fingerprint density at radius 2 is 1.74 bits per heavy atom. The highest BCUT2D eigenvalue weighted by Gasteiger charge is 2.54. The molecule has 0 heterocycles. The Kier molecular flexibility index (Phi) is 3.78. The van der Waals surface area contributed by atoms with Crippen LogP contribution in [0, 0.1) is 11.2 Å². The van der Waals surface area contributed by atoms with E-state index in [-0.39, 0.29) is 11.3 Å². The number of carboxylic acids is 1. The second-order valence-electron chi connectivity index (χ2n) is 6.51. The molecular weight excluding hydrogens is 303 g/mol. The van der Waals surface area contributed by atoms with Crippen LogP contribution in [0.15, 0.2) is 18.2 Å². The molecule has 0 spiro atoms. The Morgan fingerprint density at radius 3 is 2.22 bits per heavy atom. The summed E-state index contributed by atoms with van der Waals surface area (Å²) in [6.45, 7) is 0. The summed E-state index contributed by atoms with van der Waals surface area (Å²) in [6.07, 6.45) is 3.51. The number of aliphatic carboxylic acids is 1. The second kappa shape index (κ2) is 5.51. The molecule has 0 radical (unpaired) electrons. The summed E-state index contributed by atoms with van der Waals surface area (Å²) in [5, 5.41) is 9.39. The van der Waals surface area contributed by atoms with E-state index in [2.05, 4.69) is 4.74 Å². The summed E-state index contributed by atoms with van der Waals surface area (Å²) in [6, 6.07) is 4.00. The first kappa shape index (κ1) is 15.8. The van der Waals surface area contributed by atoms with Crippen LogP contribution in [-0.2, 0) is 9.53 Å². The molecule has 3 saturated carbocycles. The molecule has 0 aliphatic heterocycles. The van der Waals surface area contributed by atoms with Gasteiger partial charge in [0.2, 0.25) is 0 Å². The normalized spacial score (nSPS) is 29.1. The molecule has 1 aromatic carbocycles. The highest BCUT2D eigenvalue weighted by atomic mass is 19.1. The van der Waals surface area contributed by atoms with Crippen LogP contribution < -0.4 is 4.74 Å². The Morgan fingerprint density at radius 1 is 1.13 bits per heavy atom. The standard InChI is InChI=1S/C17H19FO5/c1-22-14(19)11-2-3-13(12(18)10-11)23-17-7-4-16(5-8-17,6-9-17)15(20)21/h2-3,10H,4-9H2,1H3,(H,20,21). The monoisotopic (exact) mass is 322 g/mol. The van der Waals surface area contributed by atoms with Gasteiger partial charge < -0.3 is 14.6 Å². The van der Waals surface area contributed by atoms with Gasteiger partial charge in [-0.25, -0.2) is 9.18 Å².